The first-order valence-corrected chi connectivity index (χ1v) is 6.50. The second kappa shape index (κ2) is 4.38. The van der Waals surface area contributed by atoms with Crippen LogP contribution in [0.4, 0.5) is 10.3 Å². The number of imidazole rings is 1. The lowest BCUT2D eigenvalue weighted by atomic mass is 10.3. The molecule has 0 unspecified atom stereocenters. The second-order valence-electron chi connectivity index (χ2n) is 4.32. The van der Waals surface area contributed by atoms with Gasteiger partial charge in [-0.05, 0) is 41.1 Å². The van der Waals surface area contributed by atoms with Crippen LogP contribution in [-0.2, 0) is 6.54 Å². The molecule has 4 nitrogen and oxygen atoms in total. The summed E-state index contributed by atoms with van der Waals surface area (Å²) >= 11 is 3.14. The van der Waals surface area contributed by atoms with Crippen molar-refractivity contribution < 1.29 is 8.81 Å². The lowest BCUT2D eigenvalue weighted by Gasteiger charge is -2.04. The molecule has 1 aromatic carbocycles. The molecule has 98 valence electrons. The first-order chi connectivity index (χ1) is 9.04. The summed E-state index contributed by atoms with van der Waals surface area (Å²) in [6.07, 6.45) is 0. The first-order valence-electron chi connectivity index (χ1n) is 5.70. The van der Waals surface area contributed by atoms with Gasteiger partial charge in [-0.2, -0.15) is 0 Å². The molecular weight excluding hydrogens is 313 g/mol. The minimum Gasteiger partial charge on any atom is -0.464 e. The summed E-state index contributed by atoms with van der Waals surface area (Å²) in [5, 5.41) is 0. The van der Waals surface area contributed by atoms with Crippen molar-refractivity contribution in [3.63, 3.8) is 0 Å². The number of nitrogens with two attached hydrogens (primary N) is 1. The Morgan fingerprint density at radius 2 is 2.21 bits per heavy atom. The molecule has 0 amide bonds. The standard InChI is InChI=1S/C13H11BrFN3O/c1-7-2-3-8(19-7)6-18-12-5-10(15)9(14)4-11(12)17-13(18)16/h2-5H,6H2,1H3,(H2,16,17). The normalized spacial score (nSPS) is 11.3. The van der Waals surface area contributed by atoms with Crippen LogP contribution in [0, 0.1) is 12.7 Å². The summed E-state index contributed by atoms with van der Waals surface area (Å²) in [6, 6.07) is 6.78. The summed E-state index contributed by atoms with van der Waals surface area (Å²) in [6.45, 7) is 2.30. The third-order valence-corrected chi connectivity index (χ3v) is 3.54. The van der Waals surface area contributed by atoms with E-state index in [0.717, 1.165) is 11.5 Å². The quantitative estimate of drug-likeness (QED) is 0.785. The Hall–Kier alpha value is -1.82. The molecule has 0 fully saturated rings. The Bertz CT molecular complexity index is 763. The van der Waals surface area contributed by atoms with Gasteiger partial charge in [0.15, 0.2) is 0 Å². The minimum atomic E-state index is -0.343. The Kier molecular flexibility index (Phi) is 2.82. The molecule has 2 aromatic heterocycles. The van der Waals surface area contributed by atoms with E-state index >= 15 is 0 Å². The molecule has 19 heavy (non-hydrogen) atoms. The molecule has 0 saturated carbocycles. The van der Waals surface area contributed by atoms with E-state index in [1.54, 1.807) is 10.6 Å². The molecule has 3 aromatic rings. The molecule has 0 bridgehead atoms. The van der Waals surface area contributed by atoms with Gasteiger partial charge in [0.1, 0.15) is 17.3 Å². The van der Waals surface area contributed by atoms with Gasteiger partial charge in [-0.25, -0.2) is 9.37 Å². The highest BCUT2D eigenvalue weighted by Gasteiger charge is 2.13. The van der Waals surface area contributed by atoms with Crippen LogP contribution in [0.25, 0.3) is 11.0 Å². The summed E-state index contributed by atoms with van der Waals surface area (Å²) in [5.74, 6) is 1.57. The number of furan rings is 1. The van der Waals surface area contributed by atoms with E-state index in [1.807, 2.05) is 19.1 Å². The molecule has 0 aliphatic rings. The number of halogens is 2. The highest BCUT2D eigenvalue weighted by molar-refractivity contribution is 9.10. The van der Waals surface area contributed by atoms with Crippen LogP contribution in [0.2, 0.25) is 0 Å². The van der Waals surface area contributed by atoms with Gasteiger partial charge in [0.05, 0.1) is 22.1 Å². The number of benzene rings is 1. The Balaban J connectivity index is 2.12. The van der Waals surface area contributed by atoms with Crippen molar-refractivity contribution in [3.05, 3.63) is 46.1 Å². The van der Waals surface area contributed by atoms with Gasteiger partial charge in [0, 0.05) is 6.07 Å². The number of aryl methyl sites for hydroxylation is 1. The van der Waals surface area contributed by atoms with E-state index in [1.165, 1.54) is 6.07 Å². The number of nitrogens with zero attached hydrogens (tertiary/aromatic N) is 2. The molecule has 6 heteroatoms. The number of hydrogen-bond acceptors (Lipinski definition) is 3. The largest absolute Gasteiger partial charge is 0.464 e. The maximum atomic E-state index is 13.6. The SMILES string of the molecule is Cc1ccc(Cn2c(N)nc3cc(Br)c(F)cc32)o1. The molecule has 0 aliphatic carbocycles. The summed E-state index contributed by atoms with van der Waals surface area (Å²) in [4.78, 5) is 4.22. The summed E-state index contributed by atoms with van der Waals surface area (Å²) in [5.41, 5.74) is 7.17. The first kappa shape index (κ1) is 12.2. The molecule has 0 radical (unpaired) electrons. The van der Waals surface area contributed by atoms with Gasteiger partial charge in [-0.3, -0.25) is 0 Å². The van der Waals surface area contributed by atoms with Crippen LogP contribution in [0.1, 0.15) is 11.5 Å². The zero-order valence-electron chi connectivity index (χ0n) is 10.2. The lowest BCUT2D eigenvalue weighted by Crippen LogP contribution is -2.03. The van der Waals surface area contributed by atoms with E-state index in [0.29, 0.717) is 28.0 Å². The molecule has 0 saturated heterocycles. The number of fused-ring (bicyclic) bond motifs is 1. The smallest absolute Gasteiger partial charge is 0.201 e. The third kappa shape index (κ3) is 2.12. The van der Waals surface area contributed by atoms with Crippen LogP contribution in [0.5, 0.6) is 0 Å². The zero-order chi connectivity index (χ0) is 13.6. The predicted molar refractivity (Wildman–Crippen MR) is 74.4 cm³/mol. The van der Waals surface area contributed by atoms with Crippen LogP contribution in [-0.4, -0.2) is 9.55 Å². The Labute approximate surface area is 117 Å². The maximum absolute atomic E-state index is 13.6. The van der Waals surface area contributed by atoms with E-state index in [9.17, 15) is 4.39 Å². The fraction of sp³-hybridized carbons (Fsp3) is 0.154. The monoisotopic (exact) mass is 323 g/mol. The van der Waals surface area contributed by atoms with Crippen molar-refractivity contribution in [1.82, 2.24) is 9.55 Å². The van der Waals surface area contributed by atoms with Gasteiger partial charge in [0.25, 0.3) is 0 Å². The maximum Gasteiger partial charge on any atom is 0.201 e. The highest BCUT2D eigenvalue weighted by Crippen LogP contribution is 2.26. The van der Waals surface area contributed by atoms with E-state index in [4.69, 9.17) is 10.2 Å². The Morgan fingerprint density at radius 1 is 1.42 bits per heavy atom. The van der Waals surface area contributed by atoms with Crippen molar-refractivity contribution in [2.75, 3.05) is 5.73 Å². The molecule has 0 aliphatic heterocycles. The minimum absolute atomic E-state index is 0.335. The molecule has 0 atom stereocenters. The van der Waals surface area contributed by atoms with E-state index < -0.39 is 0 Å². The molecule has 2 N–H and O–H groups in total. The zero-order valence-corrected chi connectivity index (χ0v) is 11.7. The summed E-state index contributed by atoms with van der Waals surface area (Å²) in [7, 11) is 0. The third-order valence-electron chi connectivity index (χ3n) is 2.93. The number of hydrogen-bond donors (Lipinski definition) is 1. The summed E-state index contributed by atoms with van der Waals surface area (Å²) < 4.78 is 21.2. The second-order valence-corrected chi connectivity index (χ2v) is 5.18. The van der Waals surface area contributed by atoms with Gasteiger partial charge in [-0.15, -0.1) is 0 Å². The van der Waals surface area contributed by atoms with Crippen molar-refractivity contribution in [2.45, 2.75) is 13.5 Å². The van der Waals surface area contributed by atoms with Gasteiger partial charge < -0.3 is 14.7 Å². The van der Waals surface area contributed by atoms with Gasteiger partial charge in [-0.1, -0.05) is 0 Å². The number of rotatable bonds is 2. The van der Waals surface area contributed by atoms with Crippen LogP contribution < -0.4 is 5.73 Å². The molecular formula is C13H11BrFN3O. The van der Waals surface area contributed by atoms with E-state index in [2.05, 4.69) is 20.9 Å². The fourth-order valence-electron chi connectivity index (χ4n) is 2.03. The highest BCUT2D eigenvalue weighted by atomic mass is 79.9. The molecule has 0 spiro atoms. The van der Waals surface area contributed by atoms with Crippen molar-refractivity contribution in [1.29, 1.82) is 0 Å². The fourth-order valence-corrected chi connectivity index (χ4v) is 2.36. The van der Waals surface area contributed by atoms with Gasteiger partial charge in [0.2, 0.25) is 5.95 Å². The predicted octanol–water partition coefficient (Wildman–Crippen LogP) is 3.47. The van der Waals surface area contributed by atoms with Crippen molar-refractivity contribution in [2.24, 2.45) is 0 Å². The average Bonchev–Trinajstić information content (AvgIpc) is 2.87. The molecule has 3 rings (SSSR count). The molecule has 2 heterocycles. The van der Waals surface area contributed by atoms with Crippen LogP contribution in [0.15, 0.2) is 33.2 Å². The topological polar surface area (TPSA) is 57.0 Å². The van der Waals surface area contributed by atoms with Crippen molar-refractivity contribution >= 4 is 32.9 Å². The average molecular weight is 324 g/mol. The van der Waals surface area contributed by atoms with E-state index in [-0.39, 0.29) is 5.82 Å². The Morgan fingerprint density at radius 3 is 2.89 bits per heavy atom. The van der Waals surface area contributed by atoms with Crippen LogP contribution >= 0.6 is 15.9 Å². The lowest BCUT2D eigenvalue weighted by molar-refractivity contribution is 0.473. The number of aromatic nitrogens is 2. The number of nitrogen functional groups attached to an aromatic ring is 1. The number of anilines is 1. The van der Waals surface area contributed by atoms with Crippen molar-refractivity contribution in [3.8, 4) is 0 Å². The van der Waals surface area contributed by atoms with Crippen LogP contribution in [0.3, 0.4) is 0 Å². The van der Waals surface area contributed by atoms with Gasteiger partial charge >= 0.3 is 0 Å².